The van der Waals surface area contributed by atoms with Gasteiger partial charge in [-0.15, -0.1) is 11.3 Å². The van der Waals surface area contributed by atoms with Gasteiger partial charge in [0.15, 0.2) is 0 Å². The number of hydrogen-bond acceptors (Lipinski definition) is 4. The molecule has 0 bridgehead atoms. The SMILES string of the molecule is COC(c1ccccc1)C(Cc1sccc1Br)NN. The number of nitrogens with one attached hydrogen (secondary N) is 1. The maximum Gasteiger partial charge on any atom is 0.0991 e. The summed E-state index contributed by atoms with van der Waals surface area (Å²) in [5, 5.41) is 2.07. The van der Waals surface area contributed by atoms with Gasteiger partial charge in [-0.1, -0.05) is 30.3 Å². The fourth-order valence-corrected chi connectivity index (χ4v) is 3.67. The van der Waals surface area contributed by atoms with Crippen LogP contribution in [0.4, 0.5) is 0 Å². The van der Waals surface area contributed by atoms with Crippen molar-refractivity contribution in [2.75, 3.05) is 7.11 Å². The lowest BCUT2D eigenvalue weighted by Gasteiger charge is -2.25. The Hall–Kier alpha value is -0.720. The zero-order valence-electron chi connectivity index (χ0n) is 10.7. The highest BCUT2D eigenvalue weighted by atomic mass is 79.9. The molecule has 2 unspecified atom stereocenters. The first kappa shape index (κ1) is 14.7. The molecule has 0 fully saturated rings. The molecule has 102 valence electrons. The van der Waals surface area contributed by atoms with E-state index in [0.29, 0.717) is 0 Å². The highest BCUT2D eigenvalue weighted by Gasteiger charge is 2.23. The van der Waals surface area contributed by atoms with Crippen molar-refractivity contribution in [3.8, 4) is 0 Å². The van der Waals surface area contributed by atoms with Gasteiger partial charge in [0.25, 0.3) is 0 Å². The second kappa shape index (κ2) is 7.17. The summed E-state index contributed by atoms with van der Waals surface area (Å²) in [4.78, 5) is 1.26. The lowest BCUT2D eigenvalue weighted by molar-refractivity contribution is 0.0681. The third-order valence-electron chi connectivity index (χ3n) is 3.06. The number of hydrazine groups is 1. The fourth-order valence-electron chi connectivity index (χ4n) is 2.10. The third-order valence-corrected chi connectivity index (χ3v) is 5.01. The average Bonchev–Trinajstić information content (AvgIpc) is 2.85. The van der Waals surface area contributed by atoms with Crippen molar-refractivity contribution in [3.63, 3.8) is 0 Å². The lowest BCUT2D eigenvalue weighted by Crippen LogP contribution is -2.42. The zero-order valence-corrected chi connectivity index (χ0v) is 13.1. The van der Waals surface area contributed by atoms with Crippen LogP contribution in [0.5, 0.6) is 0 Å². The van der Waals surface area contributed by atoms with Crippen molar-refractivity contribution in [2.24, 2.45) is 5.84 Å². The molecule has 5 heteroatoms. The van der Waals surface area contributed by atoms with Gasteiger partial charge in [-0.3, -0.25) is 11.3 Å². The van der Waals surface area contributed by atoms with Gasteiger partial charge in [0.1, 0.15) is 0 Å². The van der Waals surface area contributed by atoms with E-state index in [0.717, 1.165) is 16.5 Å². The molecule has 0 aliphatic carbocycles. The van der Waals surface area contributed by atoms with Crippen LogP contribution in [0.1, 0.15) is 16.5 Å². The highest BCUT2D eigenvalue weighted by molar-refractivity contribution is 9.10. The number of ether oxygens (including phenoxy) is 1. The molecular weight excluding hydrogens is 324 g/mol. The first-order chi connectivity index (χ1) is 9.26. The van der Waals surface area contributed by atoms with Crippen LogP contribution >= 0.6 is 27.3 Å². The molecule has 3 N–H and O–H groups in total. The standard InChI is InChI=1S/C14H17BrN2OS/c1-18-14(10-5-3-2-4-6-10)12(17-16)9-13-11(15)7-8-19-13/h2-8,12,14,17H,9,16H2,1H3. The molecule has 0 saturated heterocycles. The third kappa shape index (κ3) is 3.64. The van der Waals surface area contributed by atoms with Crippen LogP contribution in [0, 0.1) is 0 Å². The average molecular weight is 341 g/mol. The molecule has 0 spiro atoms. The van der Waals surface area contributed by atoms with E-state index in [2.05, 4.69) is 44.9 Å². The molecule has 0 radical (unpaired) electrons. The largest absolute Gasteiger partial charge is 0.375 e. The van der Waals surface area contributed by atoms with E-state index < -0.39 is 0 Å². The maximum atomic E-state index is 5.71. The van der Waals surface area contributed by atoms with E-state index in [9.17, 15) is 0 Å². The van der Waals surface area contributed by atoms with E-state index in [-0.39, 0.29) is 12.1 Å². The summed E-state index contributed by atoms with van der Waals surface area (Å²) in [6.45, 7) is 0. The lowest BCUT2D eigenvalue weighted by atomic mass is 9.99. The minimum absolute atomic E-state index is 0.0300. The number of methoxy groups -OCH3 is 1. The summed E-state index contributed by atoms with van der Waals surface area (Å²) in [6.07, 6.45) is 0.752. The van der Waals surface area contributed by atoms with Crippen molar-refractivity contribution in [1.29, 1.82) is 0 Å². The molecule has 3 nitrogen and oxygen atoms in total. The van der Waals surface area contributed by atoms with Crippen molar-refractivity contribution < 1.29 is 4.74 Å². The minimum atomic E-state index is -0.0693. The summed E-state index contributed by atoms with van der Waals surface area (Å²) < 4.78 is 6.75. The number of nitrogens with two attached hydrogens (primary N) is 1. The second-order valence-electron chi connectivity index (χ2n) is 4.24. The monoisotopic (exact) mass is 340 g/mol. The molecule has 2 aromatic rings. The predicted octanol–water partition coefficient (Wildman–Crippen LogP) is 3.27. The van der Waals surface area contributed by atoms with Gasteiger partial charge >= 0.3 is 0 Å². The molecular formula is C14H17BrN2OS. The first-order valence-corrected chi connectivity index (χ1v) is 7.69. The molecule has 0 aliphatic rings. The van der Waals surface area contributed by atoms with Crippen LogP contribution in [0.15, 0.2) is 46.3 Å². The van der Waals surface area contributed by atoms with Crippen LogP contribution in [-0.4, -0.2) is 13.2 Å². The predicted molar refractivity (Wildman–Crippen MR) is 83.0 cm³/mol. The second-order valence-corrected chi connectivity index (χ2v) is 6.09. The van der Waals surface area contributed by atoms with Gasteiger partial charge in [0.2, 0.25) is 0 Å². The molecule has 2 atom stereocenters. The fraction of sp³-hybridized carbons (Fsp3) is 0.286. The topological polar surface area (TPSA) is 47.3 Å². The van der Waals surface area contributed by atoms with Crippen LogP contribution in [-0.2, 0) is 11.2 Å². The summed E-state index contributed by atoms with van der Waals surface area (Å²) in [5.41, 5.74) is 4.00. The number of hydrogen-bond donors (Lipinski definition) is 2. The van der Waals surface area contributed by atoms with E-state index in [1.54, 1.807) is 18.4 Å². The van der Waals surface area contributed by atoms with Gasteiger partial charge in [-0.05, 0) is 32.9 Å². The van der Waals surface area contributed by atoms with E-state index in [1.165, 1.54) is 4.88 Å². The van der Waals surface area contributed by atoms with E-state index in [1.807, 2.05) is 18.2 Å². The number of thiophene rings is 1. The van der Waals surface area contributed by atoms with Crippen LogP contribution in [0.3, 0.4) is 0 Å². The molecule has 0 amide bonds. The molecule has 19 heavy (non-hydrogen) atoms. The Morgan fingerprint density at radius 3 is 2.58 bits per heavy atom. The summed E-state index contributed by atoms with van der Waals surface area (Å²) >= 11 is 5.27. The molecule has 0 aliphatic heterocycles. The Morgan fingerprint density at radius 1 is 1.32 bits per heavy atom. The van der Waals surface area contributed by atoms with Crippen LogP contribution in [0.2, 0.25) is 0 Å². The van der Waals surface area contributed by atoms with Gasteiger partial charge in [0, 0.05) is 22.9 Å². The minimum Gasteiger partial charge on any atom is -0.375 e. The van der Waals surface area contributed by atoms with Gasteiger partial charge < -0.3 is 4.74 Å². The van der Waals surface area contributed by atoms with E-state index >= 15 is 0 Å². The number of rotatable bonds is 6. The Bertz CT molecular complexity index is 503. The maximum absolute atomic E-state index is 5.71. The molecule has 2 rings (SSSR count). The van der Waals surface area contributed by atoms with Gasteiger partial charge in [0.05, 0.1) is 12.1 Å². The van der Waals surface area contributed by atoms with E-state index in [4.69, 9.17) is 10.6 Å². The summed E-state index contributed by atoms with van der Waals surface area (Å²) in [5.74, 6) is 5.71. The summed E-state index contributed by atoms with van der Waals surface area (Å²) in [6, 6.07) is 12.2. The van der Waals surface area contributed by atoms with Crippen molar-refractivity contribution in [1.82, 2.24) is 5.43 Å². The van der Waals surface area contributed by atoms with Crippen LogP contribution in [0.25, 0.3) is 0 Å². The zero-order chi connectivity index (χ0) is 13.7. The van der Waals surface area contributed by atoms with Crippen molar-refractivity contribution >= 4 is 27.3 Å². The molecule has 0 saturated carbocycles. The van der Waals surface area contributed by atoms with Crippen molar-refractivity contribution in [3.05, 3.63) is 56.7 Å². The molecule has 1 aromatic heterocycles. The Balaban J connectivity index is 2.17. The quantitative estimate of drug-likeness (QED) is 0.626. The number of benzene rings is 1. The molecule has 1 heterocycles. The Labute approximate surface area is 125 Å². The van der Waals surface area contributed by atoms with Crippen LogP contribution < -0.4 is 11.3 Å². The van der Waals surface area contributed by atoms with Gasteiger partial charge in [-0.2, -0.15) is 0 Å². The smallest absolute Gasteiger partial charge is 0.0991 e. The van der Waals surface area contributed by atoms with Gasteiger partial charge in [-0.25, -0.2) is 0 Å². The highest BCUT2D eigenvalue weighted by Crippen LogP contribution is 2.28. The first-order valence-electron chi connectivity index (χ1n) is 6.02. The molecule has 1 aromatic carbocycles. The van der Waals surface area contributed by atoms with Crippen molar-refractivity contribution in [2.45, 2.75) is 18.6 Å². The summed E-state index contributed by atoms with van der Waals surface area (Å²) in [7, 11) is 1.71. The number of halogens is 1. The Kier molecular flexibility index (Phi) is 5.54. The normalized spacial score (nSPS) is 14.3. The Morgan fingerprint density at radius 2 is 2.05 bits per heavy atom.